The average Bonchev–Trinajstić information content (AvgIpc) is 3.38. The number of thioether (sulfide) groups is 1. The molecular formula is C28H17BrCl2FN3O4S2. The van der Waals surface area contributed by atoms with Gasteiger partial charge < -0.3 is 5.32 Å². The van der Waals surface area contributed by atoms with Gasteiger partial charge in [0.2, 0.25) is 17.7 Å². The van der Waals surface area contributed by atoms with Gasteiger partial charge in [0.1, 0.15) is 17.6 Å². The van der Waals surface area contributed by atoms with Crippen molar-refractivity contribution >= 4 is 91.3 Å². The van der Waals surface area contributed by atoms with Crippen molar-refractivity contribution in [1.82, 2.24) is 4.57 Å². The Balaban J connectivity index is 1.40. The van der Waals surface area contributed by atoms with Gasteiger partial charge in [-0.2, -0.15) is 0 Å². The van der Waals surface area contributed by atoms with E-state index in [1.807, 2.05) is 0 Å². The maximum absolute atomic E-state index is 13.9. The first-order valence-corrected chi connectivity index (χ1v) is 15.4. The maximum atomic E-state index is 13.9. The highest BCUT2D eigenvalue weighted by atomic mass is 79.9. The highest BCUT2D eigenvalue weighted by molar-refractivity contribution is 9.10. The highest BCUT2D eigenvalue weighted by Gasteiger charge is 2.56. The van der Waals surface area contributed by atoms with Gasteiger partial charge in [-0.15, -0.1) is 0 Å². The van der Waals surface area contributed by atoms with Crippen LogP contribution < -0.4 is 15.1 Å². The lowest BCUT2D eigenvalue weighted by atomic mass is 9.83. The Kier molecular flexibility index (Phi) is 7.58. The molecule has 3 aromatic carbocycles. The smallest absolute Gasteiger partial charge is 0.308 e. The van der Waals surface area contributed by atoms with E-state index in [0.29, 0.717) is 31.9 Å². The molecule has 3 amide bonds. The monoisotopic (exact) mass is 691 g/mol. The van der Waals surface area contributed by atoms with E-state index in [4.69, 9.17) is 23.2 Å². The number of anilines is 2. The number of nitrogens with zero attached hydrogens (tertiary/aromatic N) is 2. The molecule has 0 bridgehead atoms. The minimum Gasteiger partial charge on any atom is -0.324 e. The minimum absolute atomic E-state index is 0.262. The van der Waals surface area contributed by atoms with Crippen molar-refractivity contribution in [2.24, 2.45) is 5.92 Å². The molecular weight excluding hydrogens is 676 g/mol. The van der Waals surface area contributed by atoms with Crippen molar-refractivity contribution in [3.63, 3.8) is 0 Å². The number of aromatic nitrogens is 1. The number of amides is 3. The molecule has 1 saturated heterocycles. The first kappa shape index (κ1) is 28.2. The number of halogens is 4. The van der Waals surface area contributed by atoms with E-state index in [-0.39, 0.29) is 11.6 Å². The molecule has 1 fully saturated rings. The standard InChI is InChI=1S/C28H17BrCl2FN3O4S2/c29-14-3-8-17(9-4-14)35-25(37)22-21(13-1-5-15(32)6-2-13)24-27(40-23(22)26(35)38)34(28(39)41-24)12-20(36)33-16-7-10-18(30)19(31)11-16/h1-11,21-23H,12H2,(H,33,36)/t21-,22?,23?/m1/s1. The summed E-state index contributed by atoms with van der Waals surface area (Å²) in [5.41, 5.74) is 1.42. The van der Waals surface area contributed by atoms with Crippen LogP contribution in [0.4, 0.5) is 15.8 Å². The summed E-state index contributed by atoms with van der Waals surface area (Å²) in [5, 5.41) is 2.87. The SMILES string of the molecule is O=C(Cn1c2c(sc1=O)[C@H](c1ccc(F)cc1)C1C(=O)N(c3ccc(Br)cc3)C(=O)C1S2)Nc1ccc(Cl)c(Cl)c1. The fraction of sp³-hybridized carbons (Fsp3) is 0.143. The molecule has 6 rings (SSSR count). The van der Waals surface area contributed by atoms with E-state index in [0.717, 1.165) is 27.6 Å². The van der Waals surface area contributed by atoms with Gasteiger partial charge >= 0.3 is 4.87 Å². The number of benzene rings is 3. The number of nitrogens with one attached hydrogen (secondary N) is 1. The van der Waals surface area contributed by atoms with Crippen LogP contribution in [-0.2, 0) is 20.9 Å². The Bertz CT molecular complexity index is 1780. The van der Waals surface area contributed by atoms with Crippen molar-refractivity contribution < 1.29 is 18.8 Å². The van der Waals surface area contributed by atoms with Crippen LogP contribution in [0.2, 0.25) is 10.0 Å². The Labute approximate surface area is 259 Å². The zero-order valence-corrected chi connectivity index (χ0v) is 25.4. The summed E-state index contributed by atoms with van der Waals surface area (Å²) in [4.78, 5) is 55.1. The van der Waals surface area contributed by atoms with Crippen LogP contribution in [0.5, 0.6) is 0 Å². The van der Waals surface area contributed by atoms with E-state index >= 15 is 0 Å². The Morgan fingerprint density at radius 3 is 2.34 bits per heavy atom. The Hall–Kier alpha value is -2.96. The normalized spacial score (nSPS) is 19.7. The van der Waals surface area contributed by atoms with Crippen LogP contribution in [0.25, 0.3) is 0 Å². The lowest BCUT2D eigenvalue weighted by Gasteiger charge is -2.30. The van der Waals surface area contributed by atoms with Gasteiger partial charge in [-0.25, -0.2) is 9.29 Å². The van der Waals surface area contributed by atoms with Gasteiger partial charge in [-0.05, 0) is 60.2 Å². The third-order valence-electron chi connectivity index (χ3n) is 6.87. The molecule has 0 spiro atoms. The van der Waals surface area contributed by atoms with Crippen LogP contribution in [0.15, 0.2) is 81.0 Å². The van der Waals surface area contributed by atoms with Crippen molar-refractivity contribution in [1.29, 1.82) is 0 Å². The van der Waals surface area contributed by atoms with Crippen LogP contribution in [0, 0.1) is 11.7 Å². The number of hydrogen-bond donors (Lipinski definition) is 1. The fourth-order valence-electron chi connectivity index (χ4n) is 5.05. The van der Waals surface area contributed by atoms with Crippen molar-refractivity contribution in [3.05, 3.63) is 107 Å². The molecule has 2 aliphatic rings. The van der Waals surface area contributed by atoms with E-state index < -0.39 is 45.5 Å². The Morgan fingerprint density at radius 1 is 0.951 bits per heavy atom. The first-order valence-electron chi connectivity index (χ1n) is 12.2. The summed E-state index contributed by atoms with van der Waals surface area (Å²) < 4.78 is 16.0. The second-order valence-corrected chi connectivity index (χ2v) is 13.2. The van der Waals surface area contributed by atoms with Crippen LogP contribution in [0.3, 0.4) is 0 Å². The van der Waals surface area contributed by atoms with Crippen molar-refractivity contribution in [2.75, 3.05) is 10.2 Å². The molecule has 208 valence electrons. The summed E-state index contributed by atoms with van der Waals surface area (Å²) in [5.74, 6) is -3.28. The molecule has 1 aromatic heterocycles. The third kappa shape index (κ3) is 5.14. The molecule has 13 heteroatoms. The van der Waals surface area contributed by atoms with Crippen LogP contribution >= 0.6 is 62.2 Å². The van der Waals surface area contributed by atoms with Crippen molar-refractivity contribution in [2.45, 2.75) is 22.7 Å². The molecule has 1 N–H and O–H groups in total. The number of rotatable bonds is 5. The predicted molar refractivity (Wildman–Crippen MR) is 162 cm³/mol. The average molecular weight is 693 g/mol. The van der Waals surface area contributed by atoms with Gasteiger partial charge in [-0.3, -0.25) is 23.7 Å². The third-order valence-corrected chi connectivity index (χ3v) is 10.7. The number of imide groups is 1. The lowest BCUT2D eigenvalue weighted by Crippen LogP contribution is -2.33. The van der Waals surface area contributed by atoms with E-state index in [1.54, 1.807) is 48.5 Å². The summed E-state index contributed by atoms with van der Waals surface area (Å²) in [6, 6.07) is 17.1. The topological polar surface area (TPSA) is 88.5 Å². The largest absolute Gasteiger partial charge is 0.324 e. The summed E-state index contributed by atoms with van der Waals surface area (Å²) in [6.45, 7) is -0.329. The van der Waals surface area contributed by atoms with E-state index in [1.165, 1.54) is 27.7 Å². The molecule has 0 aliphatic carbocycles. The molecule has 41 heavy (non-hydrogen) atoms. The summed E-state index contributed by atoms with van der Waals surface area (Å²) in [6.07, 6.45) is 0. The number of carbonyl (C=O) groups is 3. The molecule has 2 unspecified atom stereocenters. The van der Waals surface area contributed by atoms with Crippen LogP contribution in [0.1, 0.15) is 16.4 Å². The minimum atomic E-state index is -0.855. The molecule has 3 atom stereocenters. The summed E-state index contributed by atoms with van der Waals surface area (Å²) in [7, 11) is 0. The van der Waals surface area contributed by atoms with E-state index in [2.05, 4.69) is 21.2 Å². The first-order chi connectivity index (χ1) is 19.6. The highest BCUT2D eigenvalue weighted by Crippen LogP contribution is 2.53. The Morgan fingerprint density at radius 2 is 1.66 bits per heavy atom. The molecule has 4 aromatic rings. The van der Waals surface area contributed by atoms with Crippen molar-refractivity contribution in [3.8, 4) is 0 Å². The number of fused-ring (bicyclic) bond motifs is 2. The molecule has 0 saturated carbocycles. The predicted octanol–water partition coefficient (Wildman–Crippen LogP) is 6.55. The quantitative estimate of drug-likeness (QED) is 0.240. The van der Waals surface area contributed by atoms with Crippen LogP contribution in [-0.4, -0.2) is 27.5 Å². The molecule has 3 heterocycles. The lowest BCUT2D eigenvalue weighted by molar-refractivity contribution is -0.122. The van der Waals surface area contributed by atoms with Gasteiger partial charge in [0.25, 0.3) is 0 Å². The number of carbonyl (C=O) groups excluding carboxylic acids is 3. The zero-order valence-electron chi connectivity index (χ0n) is 20.6. The zero-order chi connectivity index (χ0) is 29.0. The maximum Gasteiger partial charge on any atom is 0.308 e. The second-order valence-electron chi connectivity index (χ2n) is 9.38. The van der Waals surface area contributed by atoms with Gasteiger partial charge in [0, 0.05) is 21.0 Å². The van der Waals surface area contributed by atoms with Gasteiger partial charge in [-0.1, -0.05) is 74.4 Å². The van der Waals surface area contributed by atoms with Gasteiger partial charge in [0.15, 0.2) is 0 Å². The molecule has 2 aliphatic heterocycles. The van der Waals surface area contributed by atoms with E-state index in [9.17, 15) is 23.6 Å². The fourth-order valence-corrected chi connectivity index (χ4v) is 8.38. The second kappa shape index (κ2) is 11.0. The molecule has 7 nitrogen and oxygen atoms in total. The molecule has 0 radical (unpaired) electrons. The van der Waals surface area contributed by atoms with Gasteiger partial charge in [0.05, 0.1) is 26.7 Å². The number of hydrogen-bond acceptors (Lipinski definition) is 6. The summed E-state index contributed by atoms with van der Waals surface area (Å²) >= 11 is 17.4. The number of thiazole rings is 1.